The van der Waals surface area contributed by atoms with E-state index < -0.39 is 0 Å². The Morgan fingerprint density at radius 1 is 1.24 bits per heavy atom. The third-order valence-corrected chi connectivity index (χ3v) is 3.23. The summed E-state index contributed by atoms with van der Waals surface area (Å²) in [6.45, 7) is 5.82. The first kappa shape index (κ1) is 15.2. The molecule has 2 rings (SSSR count). The van der Waals surface area contributed by atoms with Gasteiger partial charge in [0.1, 0.15) is 5.82 Å². The average molecular weight is 285 g/mol. The number of hydrogen-bond donors (Lipinski definition) is 1. The van der Waals surface area contributed by atoms with E-state index in [1.54, 1.807) is 6.20 Å². The average Bonchev–Trinajstić information content (AvgIpc) is 2.51. The number of aryl methyl sites for hydroxylation is 1. The lowest BCUT2D eigenvalue weighted by Crippen LogP contribution is -2.20. The minimum atomic E-state index is 0.627. The normalized spacial score (nSPS) is 10.4. The van der Waals surface area contributed by atoms with E-state index in [0.717, 1.165) is 30.2 Å². The molecule has 0 aromatic carbocycles. The highest BCUT2D eigenvalue weighted by molar-refractivity contribution is 5.44. The maximum Gasteiger partial charge on any atom is 0.225 e. The first-order valence-corrected chi connectivity index (χ1v) is 7.39. The van der Waals surface area contributed by atoms with Gasteiger partial charge in [-0.05, 0) is 25.5 Å². The van der Waals surface area contributed by atoms with Gasteiger partial charge in [0.25, 0.3) is 0 Å². The van der Waals surface area contributed by atoms with Crippen molar-refractivity contribution in [1.29, 1.82) is 0 Å². The van der Waals surface area contributed by atoms with E-state index in [9.17, 15) is 0 Å². The van der Waals surface area contributed by atoms with Crippen LogP contribution in [0.1, 0.15) is 31.2 Å². The number of pyridine rings is 1. The van der Waals surface area contributed by atoms with Crippen molar-refractivity contribution in [2.45, 2.75) is 33.2 Å². The quantitative estimate of drug-likeness (QED) is 0.847. The fourth-order valence-corrected chi connectivity index (χ4v) is 2.01. The fourth-order valence-electron chi connectivity index (χ4n) is 2.01. The number of anilines is 2. The zero-order chi connectivity index (χ0) is 15.1. The molecule has 0 aliphatic heterocycles. The lowest BCUT2D eigenvalue weighted by atomic mass is 10.3. The molecule has 0 fully saturated rings. The van der Waals surface area contributed by atoms with Crippen molar-refractivity contribution in [3.05, 3.63) is 41.9 Å². The number of unbranched alkanes of at least 4 members (excludes halogenated alkanes) is 1. The Hall–Kier alpha value is -2.17. The second kappa shape index (κ2) is 7.57. The van der Waals surface area contributed by atoms with Gasteiger partial charge in [0.2, 0.25) is 5.95 Å². The summed E-state index contributed by atoms with van der Waals surface area (Å²) < 4.78 is 0. The molecule has 0 unspecified atom stereocenters. The molecule has 2 aromatic heterocycles. The van der Waals surface area contributed by atoms with Crippen molar-refractivity contribution in [3.8, 4) is 0 Å². The highest BCUT2D eigenvalue weighted by Gasteiger charge is 2.06. The molecular formula is C16H23N5. The highest BCUT2D eigenvalue weighted by atomic mass is 15.2. The molecule has 0 aliphatic rings. The Kier molecular flexibility index (Phi) is 5.49. The molecule has 1 N–H and O–H groups in total. The second-order valence-electron chi connectivity index (χ2n) is 5.14. The van der Waals surface area contributed by atoms with Crippen molar-refractivity contribution in [3.63, 3.8) is 0 Å². The van der Waals surface area contributed by atoms with Gasteiger partial charge in [-0.2, -0.15) is 4.98 Å². The van der Waals surface area contributed by atoms with E-state index in [1.807, 2.05) is 31.2 Å². The van der Waals surface area contributed by atoms with Crippen LogP contribution in [0, 0.1) is 6.92 Å². The second-order valence-corrected chi connectivity index (χ2v) is 5.14. The first-order valence-electron chi connectivity index (χ1n) is 7.39. The van der Waals surface area contributed by atoms with Gasteiger partial charge in [-0.3, -0.25) is 4.98 Å². The lowest BCUT2D eigenvalue weighted by molar-refractivity contribution is 0.757. The van der Waals surface area contributed by atoms with Crippen LogP contribution in [0.4, 0.5) is 11.8 Å². The molecule has 0 spiro atoms. The van der Waals surface area contributed by atoms with Gasteiger partial charge in [0.15, 0.2) is 0 Å². The van der Waals surface area contributed by atoms with Crippen molar-refractivity contribution < 1.29 is 0 Å². The number of hydrogen-bond acceptors (Lipinski definition) is 5. The van der Waals surface area contributed by atoms with Crippen LogP contribution in [-0.4, -0.2) is 28.5 Å². The molecule has 0 saturated carbocycles. The monoisotopic (exact) mass is 285 g/mol. The third kappa shape index (κ3) is 4.70. The van der Waals surface area contributed by atoms with Crippen molar-refractivity contribution in [1.82, 2.24) is 15.0 Å². The third-order valence-electron chi connectivity index (χ3n) is 3.23. The van der Waals surface area contributed by atoms with Crippen LogP contribution < -0.4 is 10.2 Å². The molecule has 0 bridgehead atoms. The van der Waals surface area contributed by atoms with Crippen LogP contribution in [0.2, 0.25) is 0 Å². The predicted octanol–water partition coefficient (Wildman–Crippen LogP) is 3.03. The molecule has 0 atom stereocenters. The summed E-state index contributed by atoms with van der Waals surface area (Å²) in [5, 5.41) is 3.24. The van der Waals surface area contributed by atoms with Crippen LogP contribution >= 0.6 is 0 Å². The van der Waals surface area contributed by atoms with Gasteiger partial charge in [-0.15, -0.1) is 0 Å². The van der Waals surface area contributed by atoms with Crippen LogP contribution in [-0.2, 0) is 6.54 Å². The molecule has 0 aliphatic carbocycles. The Bertz CT molecular complexity index is 556. The van der Waals surface area contributed by atoms with E-state index in [4.69, 9.17) is 0 Å². The smallest absolute Gasteiger partial charge is 0.225 e. The summed E-state index contributed by atoms with van der Waals surface area (Å²) in [6.07, 6.45) is 4.13. The Balaban J connectivity index is 2.04. The summed E-state index contributed by atoms with van der Waals surface area (Å²) in [5.41, 5.74) is 1.94. The molecule has 5 nitrogen and oxygen atoms in total. The highest BCUT2D eigenvalue weighted by Crippen LogP contribution is 2.14. The van der Waals surface area contributed by atoms with Gasteiger partial charge >= 0.3 is 0 Å². The van der Waals surface area contributed by atoms with Gasteiger partial charge < -0.3 is 10.2 Å². The Morgan fingerprint density at radius 3 is 2.81 bits per heavy atom. The zero-order valence-electron chi connectivity index (χ0n) is 13.0. The summed E-state index contributed by atoms with van der Waals surface area (Å²) in [7, 11) is 2.07. The Morgan fingerprint density at radius 2 is 2.10 bits per heavy atom. The molecule has 0 amide bonds. The molecule has 0 saturated heterocycles. The first-order chi connectivity index (χ1) is 10.2. The maximum atomic E-state index is 4.58. The van der Waals surface area contributed by atoms with Gasteiger partial charge in [0.05, 0.1) is 12.2 Å². The molecular weight excluding hydrogens is 262 g/mol. The molecule has 21 heavy (non-hydrogen) atoms. The van der Waals surface area contributed by atoms with E-state index in [2.05, 4.69) is 39.1 Å². The van der Waals surface area contributed by atoms with Crippen LogP contribution in [0.25, 0.3) is 0 Å². The van der Waals surface area contributed by atoms with E-state index in [-0.39, 0.29) is 0 Å². The van der Waals surface area contributed by atoms with Crippen molar-refractivity contribution >= 4 is 11.8 Å². The van der Waals surface area contributed by atoms with Gasteiger partial charge in [-0.25, -0.2) is 4.98 Å². The van der Waals surface area contributed by atoms with Crippen molar-refractivity contribution in [2.75, 3.05) is 23.8 Å². The van der Waals surface area contributed by atoms with Gasteiger partial charge in [0, 0.05) is 31.5 Å². The maximum absolute atomic E-state index is 4.58. The molecule has 5 heteroatoms. The van der Waals surface area contributed by atoms with Crippen LogP contribution in [0.3, 0.4) is 0 Å². The van der Waals surface area contributed by atoms with Gasteiger partial charge in [-0.1, -0.05) is 19.4 Å². The number of nitrogens with zero attached hydrogens (tertiary/aromatic N) is 4. The standard InChI is InChI=1S/C16H23N5/c1-4-5-10-21(3)15-11-13(2)19-16(20-15)18-12-14-8-6-7-9-17-14/h6-9,11H,4-5,10,12H2,1-3H3,(H,18,19,20). The van der Waals surface area contributed by atoms with E-state index in [0.29, 0.717) is 12.5 Å². The lowest BCUT2D eigenvalue weighted by Gasteiger charge is -2.19. The fraction of sp³-hybridized carbons (Fsp3) is 0.438. The molecule has 2 aromatic rings. The largest absolute Gasteiger partial charge is 0.360 e. The van der Waals surface area contributed by atoms with Crippen LogP contribution in [0.15, 0.2) is 30.5 Å². The number of aromatic nitrogens is 3. The summed E-state index contributed by atoms with van der Waals surface area (Å²) in [4.78, 5) is 15.5. The molecule has 2 heterocycles. The van der Waals surface area contributed by atoms with E-state index in [1.165, 1.54) is 6.42 Å². The summed E-state index contributed by atoms with van der Waals surface area (Å²) >= 11 is 0. The Labute approximate surface area is 126 Å². The zero-order valence-corrected chi connectivity index (χ0v) is 13.0. The number of nitrogens with one attached hydrogen (secondary N) is 1. The molecule has 112 valence electrons. The molecule has 0 radical (unpaired) electrons. The minimum absolute atomic E-state index is 0.627. The summed E-state index contributed by atoms with van der Waals surface area (Å²) in [5.74, 6) is 1.61. The number of rotatable bonds is 7. The summed E-state index contributed by atoms with van der Waals surface area (Å²) in [6, 6.07) is 7.89. The van der Waals surface area contributed by atoms with Crippen molar-refractivity contribution in [2.24, 2.45) is 0 Å². The minimum Gasteiger partial charge on any atom is -0.360 e. The topological polar surface area (TPSA) is 53.9 Å². The van der Waals surface area contributed by atoms with E-state index >= 15 is 0 Å². The SMILES string of the molecule is CCCCN(C)c1cc(C)nc(NCc2ccccn2)n1. The van der Waals surface area contributed by atoms with Crippen LogP contribution in [0.5, 0.6) is 0 Å². The predicted molar refractivity (Wildman–Crippen MR) is 86.5 cm³/mol.